The number of rotatable bonds is 5. The summed E-state index contributed by atoms with van der Waals surface area (Å²) in [6.07, 6.45) is 3.58. The van der Waals surface area contributed by atoms with Gasteiger partial charge in [-0.2, -0.15) is 0 Å². The minimum Gasteiger partial charge on any atom is -0.367 e. The van der Waals surface area contributed by atoms with Crippen LogP contribution in [0.1, 0.15) is 59.7 Å². The van der Waals surface area contributed by atoms with Gasteiger partial charge in [0.15, 0.2) is 0 Å². The summed E-state index contributed by atoms with van der Waals surface area (Å²) in [6.45, 7) is 10.6. The quantitative estimate of drug-likeness (QED) is 0.804. The molecule has 1 atom stereocenters. The molecular weight excluding hydrogens is 246 g/mol. The van der Waals surface area contributed by atoms with Crippen LogP contribution in [0, 0.1) is 0 Å². The maximum atomic E-state index is 6.05. The van der Waals surface area contributed by atoms with Crippen molar-refractivity contribution in [3.05, 3.63) is 17.0 Å². The lowest BCUT2D eigenvalue weighted by Gasteiger charge is -2.19. The van der Waals surface area contributed by atoms with Crippen molar-refractivity contribution in [1.29, 1.82) is 0 Å². The first kappa shape index (κ1) is 15.2. The summed E-state index contributed by atoms with van der Waals surface area (Å²) in [4.78, 5) is 8.84. The van der Waals surface area contributed by atoms with Gasteiger partial charge in [0, 0.05) is 17.5 Å². The Bertz CT molecular complexity index is 385. The number of nitrogens with one attached hydrogen (secondary N) is 1. The molecule has 0 aliphatic rings. The molecule has 102 valence electrons. The number of unbranched alkanes of at least 4 members (excludes halogenated alkanes) is 1. The Kier molecular flexibility index (Phi) is 5.39. The molecule has 0 bridgehead atoms. The number of halogens is 1. The molecule has 0 aromatic carbocycles. The van der Waals surface area contributed by atoms with Gasteiger partial charge in [0.05, 0.1) is 0 Å². The summed E-state index contributed by atoms with van der Waals surface area (Å²) in [5, 5.41) is 3.89. The van der Waals surface area contributed by atoms with Crippen LogP contribution >= 0.6 is 11.6 Å². The van der Waals surface area contributed by atoms with E-state index in [1.165, 1.54) is 12.8 Å². The van der Waals surface area contributed by atoms with Crippen molar-refractivity contribution in [2.75, 3.05) is 5.32 Å². The molecular formula is C14H24ClN3. The van der Waals surface area contributed by atoms with Crippen LogP contribution < -0.4 is 5.32 Å². The van der Waals surface area contributed by atoms with Crippen molar-refractivity contribution in [3.63, 3.8) is 0 Å². The molecule has 0 saturated heterocycles. The van der Waals surface area contributed by atoms with Crippen LogP contribution in [0.4, 0.5) is 5.82 Å². The van der Waals surface area contributed by atoms with E-state index in [9.17, 15) is 0 Å². The van der Waals surface area contributed by atoms with E-state index in [1.54, 1.807) is 6.07 Å². The van der Waals surface area contributed by atoms with Gasteiger partial charge < -0.3 is 5.32 Å². The van der Waals surface area contributed by atoms with E-state index in [0.29, 0.717) is 11.2 Å². The summed E-state index contributed by atoms with van der Waals surface area (Å²) in [5.74, 6) is 1.60. The van der Waals surface area contributed by atoms with Crippen LogP contribution in [-0.4, -0.2) is 16.0 Å². The highest BCUT2D eigenvalue weighted by atomic mass is 35.5. The molecule has 1 N–H and O–H groups in total. The van der Waals surface area contributed by atoms with Crippen molar-refractivity contribution in [2.45, 2.75) is 65.3 Å². The monoisotopic (exact) mass is 269 g/mol. The highest BCUT2D eigenvalue weighted by Gasteiger charge is 2.19. The summed E-state index contributed by atoms with van der Waals surface area (Å²) in [6, 6.07) is 2.20. The van der Waals surface area contributed by atoms with Crippen LogP contribution in [0.25, 0.3) is 0 Å². The minimum atomic E-state index is -0.0893. The van der Waals surface area contributed by atoms with Crippen molar-refractivity contribution in [3.8, 4) is 0 Å². The number of hydrogen-bond acceptors (Lipinski definition) is 3. The lowest BCUT2D eigenvalue weighted by molar-refractivity contribution is 0.544. The van der Waals surface area contributed by atoms with Gasteiger partial charge in [0.2, 0.25) is 0 Å². The molecule has 1 rings (SSSR count). The molecule has 1 unspecified atom stereocenters. The van der Waals surface area contributed by atoms with Crippen molar-refractivity contribution in [1.82, 2.24) is 9.97 Å². The zero-order valence-electron chi connectivity index (χ0n) is 12.0. The van der Waals surface area contributed by atoms with E-state index in [-0.39, 0.29) is 5.41 Å². The molecule has 3 nitrogen and oxygen atoms in total. The van der Waals surface area contributed by atoms with Gasteiger partial charge in [-0.25, -0.2) is 9.97 Å². The number of nitrogens with zero attached hydrogens (tertiary/aromatic N) is 2. The van der Waals surface area contributed by atoms with Gasteiger partial charge in [-0.1, -0.05) is 52.1 Å². The Morgan fingerprint density at radius 1 is 1.33 bits per heavy atom. The molecule has 1 aromatic heterocycles. The number of aromatic nitrogens is 2. The molecule has 0 fully saturated rings. The Balaban J connectivity index is 2.80. The average Bonchev–Trinajstić information content (AvgIpc) is 2.24. The molecule has 1 aromatic rings. The Morgan fingerprint density at radius 2 is 2.00 bits per heavy atom. The third-order valence-electron chi connectivity index (χ3n) is 2.75. The second kappa shape index (κ2) is 6.37. The summed E-state index contributed by atoms with van der Waals surface area (Å²) in [5.41, 5.74) is -0.0893. The molecule has 4 heteroatoms. The molecule has 1 heterocycles. The second-order valence-electron chi connectivity index (χ2n) is 5.84. The Labute approximate surface area is 115 Å². The lowest BCUT2D eigenvalue weighted by Crippen LogP contribution is -2.20. The van der Waals surface area contributed by atoms with Gasteiger partial charge >= 0.3 is 0 Å². The fourth-order valence-corrected chi connectivity index (χ4v) is 1.85. The standard InChI is InChI=1S/C14H24ClN3/c1-6-7-8-10(2)16-12-9-11(15)17-13(18-12)14(3,4)5/h9-10H,6-8H2,1-5H3,(H,16,17,18). The van der Waals surface area contributed by atoms with E-state index >= 15 is 0 Å². The Hall–Kier alpha value is -0.830. The molecule has 0 saturated carbocycles. The molecule has 0 radical (unpaired) electrons. The van der Waals surface area contributed by atoms with E-state index < -0.39 is 0 Å². The molecule has 0 aliphatic carbocycles. The van der Waals surface area contributed by atoms with E-state index in [2.05, 4.69) is 49.9 Å². The van der Waals surface area contributed by atoms with Crippen LogP contribution in [0.5, 0.6) is 0 Å². The molecule has 0 amide bonds. The van der Waals surface area contributed by atoms with Crippen LogP contribution in [0.3, 0.4) is 0 Å². The first-order chi connectivity index (χ1) is 8.32. The maximum absolute atomic E-state index is 6.05. The van der Waals surface area contributed by atoms with E-state index in [4.69, 9.17) is 11.6 Å². The summed E-state index contributed by atoms with van der Waals surface area (Å²) >= 11 is 6.05. The second-order valence-corrected chi connectivity index (χ2v) is 6.22. The highest BCUT2D eigenvalue weighted by Crippen LogP contribution is 2.22. The predicted molar refractivity (Wildman–Crippen MR) is 78.4 cm³/mol. The van der Waals surface area contributed by atoms with Crippen molar-refractivity contribution >= 4 is 17.4 Å². The van der Waals surface area contributed by atoms with Crippen LogP contribution in [0.2, 0.25) is 5.15 Å². The van der Waals surface area contributed by atoms with Gasteiger partial charge in [0.1, 0.15) is 16.8 Å². The van der Waals surface area contributed by atoms with E-state index in [1.807, 2.05) is 0 Å². The fraction of sp³-hybridized carbons (Fsp3) is 0.714. The Morgan fingerprint density at radius 3 is 2.56 bits per heavy atom. The zero-order valence-corrected chi connectivity index (χ0v) is 12.8. The lowest BCUT2D eigenvalue weighted by atomic mass is 9.96. The fourth-order valence-electron chi connectivity index (χ4n) is 1.66. The average molecular weight is 270 g/mol. The first-order valence-electron chi connectivity index (χ1n) is 6.64. The minimum absolute atomic E-state index is 0.0893. The van der Waals surface area contributed by atoms with Gasteiger partial charge in [0.25, 0.3) is 0 Å². The number of hydrogen-bond donors (Lipinski definition) is 1. The largest absolute Gasteiger partial charge is 0.367 e. The van der Waals surface area contributed by atoms with Crippen LogP contribution in [0.15, 0.2) is 6.07 Å². The zero-order chi connectivity index (χ0) is 13.8. The topological polar surface area (TPSA) is 37.8 Å². The van der Waals surface area contributed by atoms with Crippen molar-refractivity contribution < 1.29 is 0 Å². The summed E-state index contributed by atoms with van der Waals surface area (Å²) in [7, 11) is 0. The van der Waals surface area contributed by atoms with E-state index in [0.717, 1.165) is 18.1 Å². The third kappa shape index (κ3) is 4.81. The molecule has 18 heavy (non-hydrogen) atoms. The number of anilines is 1. The highest BCUT2D eigenvalue weighted by molar-refractivity contribution is 6.29. The van der Waals surface area contributed by atoms with Gasteiger partial charge in [-0.3, -0.25) is 0 Å². The first-order valence-corrected chi connectivity index (χ1v) is 7.02. The summed E-state index contributed by atoms with van der Waals surface area (Å²) < 4.78 is 0. The molecule has 0 aliphatic heterocycles. The maximum Gasteiger partial charge on any atom is 0.137 e. The smallest absolute Gasteiger partial charge is 0.137 e. The van der Waals surface area contributed by atoms with Gasteiger partial charge in [-0.05, 0) is 13.3 Å². The van der Waals surface area contributed by atoms with Crippen molar-refractivity contribution in [2.24, 2.45) is 0 Å². The van der Waals surface area contributed by atoms with Gasteiger partial charge in [-0.15, -0.1) is 0 Å². The van der Waals surface area contributed by atoms with Crippen LogP contribution in [-0.2, 0) is 5.41 Å². The normalized spacial score (nSPS) is 13.4. The third-order valence-corrected chi connectivity index (χ3v) is 2.94. The predicted octanol–water partition coefficient (Wildman–Crippen LogP) is 4.42. The SMILES string of the molecule is CCCCC(C)Nc1cc(Cl)nc(C(C)(C)C)n1. The molecule has 0 spiro atoms.